The second-order valence-corrected chi connectivity index (χ2v) is 6.41. The van der Waals surface area contributed by atoms with Crippen molar-refractivity contribution in [3.8, 4) is 0 Å². The molecular weight excluding hydrogens is 325 g/mol. The van der Waals surface area contributed by atoms with E-state index >= 15 is 0 Å². The van der Waals surface area contributed by atoms with Gasteiger partial charge in [-0.25, -0.2) is 4.79 Å². The first kappa shape index (κ1) is 17.1. The van der Waals surface area contributed by atoms with Crippen LogP contribution in [0.4, 0.5) is 0 Å². The van der Waals surface area contributed by atoms with Crippen LogP contribution in [0.15, 0.2) is 18.2 Å². The average molecular weight is 344 g/mol. The summed E-state index contributed by atoms with van der Waals surface area (Å²) in [6.07, 6.45) is 0.789. The number of amides is 1. The normalized spacial score (nSPS) is 21.0. The van der Waals surface area contributed by atoms with Crippen molar-refractivity contribution in [3.63, 3.8) is 0 Å². The minimum absolute atomic E-state index is 0.119. The molecule has 0 bridgehead atoms. The quantitative estimate of drug-likeness (QED) is 0.787. The molecule has 4 nitrogen and oxygen atoms in total. The number of carbonyl (C=O) groups excluding carboxylic acids is 2. The number of esters is 1. The van der Waals surface area contributed by atoms with Crippen LogP contribution in [0, 0.1) is 5.92 Å². The van der Waals surface area contributed by atoms with Crippen molar-refractivity contribution in [1.82, 2.24) is 4.90 Å². The van der Waals surface area contributed by atoms with Gasteiger partial charge >= 0.3 is 5.97 Å². The van der Waals surface area contributed by atoms with Gasteiger partial charge in [0.1, 0.15) is 6.04 Å². The minimum atomic E-state index is -0.492. The first-order chi connectivity index (χ1) is 10.4. The molecule has 1 aromatic carbocycles. The van der Waals surface area contributed by atoms with Crippen molar-refractivity contribution in [2.45, 2.75) is 32.7 Å². The standard InChI is InChI=1S/C16H19Cl2NO3/c1-3-22-16(21)14-6-10(2)9-19(14)15(20)7-11-4-5-12(17)8-13(11)18/h4-5,8,10,14H,3,6-7,9H2,1-2H3. The topological polar surface area (TPSA) is 46.6 Å². The van der Waals surface area contributed by atoms with E-state index in [1.165, 1.54) is 0 Å². The number of likely N-dealkylation sites (tertiary alicyclic amines) is 1. The Labute approximate surface area is 140 Å². The summed E-state index contributed by atoms with van der Waals surface area (Å²) in [6.45, 7) is 4.66. The lowest BCUT2D eigenvalue weighted by Gasteiger charge is -2.23. The zero-order chi connectivity index (χ0) is 16.3. The van der Waals surface area contributed by atoms with E-state index in [1.54, 1.807) is 30.0 Å². The van der Waals surface area contributed by atoms with E-state index in [0.29, 0.717) is 35.2 Å². The molecule has 0 radical (unpaired) electrons. The Morgan fingerprint density at radius 3 is 2.73 bits per heavy atom. The maximum Gasteiger partial charge on any atom is 0.328 e. The maximum atomic E-state index is 12.5. The van der Waals surface area contributed by atoms with Crippen LogP contribution in [0.25, 0.3) is 0 Å². The van der Waals surface area contributed by atoms with Crippen molar-refractivity contribution in [2.75, 3.05) is 13.2 Å². The van der Waals surface area contributed by atoms with Crippen molar-refractivity contribution in [2.24, 2.45) is 5.92 Å². The van der Waals surface area contributed by atoms with Gasteiger partial charge in [0.15, 0.2) is 0 Å². The number of hydrogen-bond donors (Lipinski definition) is 0. The summed E-state index contributed by atoms with van der Waals surface area (Å²) in [7, 11) is 0. The van der Waals surface area contributed by atoms with Gasteiger partial charge in [0.2, 0.25) is 5.91 Å². The molecule has 1 aliphatic rings. The van der Waals surface area contributed by atoms with Gasteiger partial charge in [0, 0.05) is 16.6 Å². The van der Waals surface area contributed by atoms with Gasteiger partial charge in [0.05, 0.1) is 13.0 Å². The maximum absolute atomic E-state index is 12.5. The molecule has 2 unspecified atom stereocenters. The van der Waals surface area contributed by atoms with E-state index in [4.69, 9.17) is 27.9 Å². The molecule has 0 aromatic heterocycles. The lowest BCUT2D eigenvalue weighted by Crippen LogP contribution is -2.42. The van der Waals surface area contributed by atoms with Crippen LogP contribution in [-0.2, 0) is 20.7 Å². The summed E-state index contributed by atoms with van der Waals surface area (Å²) in [5.74, 6) is -0.173. The lowest BCUT2D eigenvalue weighted by molar-refractivity contribution is -0.152. The van der Waals surface area contributed by atoms with E-state index in [9.17, 15) is 9.59 Å². The second kappa shape index (κ2) is 7.34. The van der Waals surface area contributed by atoms with Crippen LogP contribution in [0.2, 0.25) is 10.0 Å². The molecule has 22 heavy (non-hydrogen) atoms. The average Bonchev–Trinajstić information content (AvgIpc) is 2.84. The highest BCUT2D eigenvalue weighted by molar-refractivity contribution is 6.35. The van der Waals surface area contributed by atoms with Crippen molar-refractivity contribution < 1.29 is 14.3 Å². The molecule has 2 atom stereocenters. The van der Waals surface area contributed by atoms with E-state index in [2.05, 4.69) is 0 Å². The summed E-state index contributed by atoms with van der Waals surface area (Å²) in [6, 6.07) is 4.56. The summed E-state index contributed by atoms with van der Waals surface area (Å²) in [5, 5.41) is 0.987. The van der Waals surface area contributed by atoms with Gasteiger partial charge in [-0.1, -0.05) is 36.2 Å². The van der Waals surface area contributed by atoms with Gasteiger partial charge in [-0.3, -0.25) is 4.79 Å². The zero-order valence-electron chi connectivity index (χ0n) is 12.6. The Hall–Kier alpha value is -1.26. The summed E-state index contributed by atoms with van der Waals surface area (Å²) >= 11 is 12.0. The van der Waals surface area contributed by atoms with E-state index in [1.807, 2.05) is 6.92 Å². The van der Waals surface area contributed by atoms with Gasteiger partial charge < -0.3 is 9.64 Å². The molecule has 1 amide bonds. The Balaban J connectivity index is 2.11. The highest BCUT2D eigenvalue weighted by Crippen LogP contribution is 2.27. The van der Waals surface area contributed by atoms with Gasteiger partial charge in [-0.15, -0.1) is 0 Å². The Kier molecular flexibility index (Phi) is 5.70. The fourth-order valence-corrected chi connectivity index (χ4v) is 3.19. The van der Waals surface area contributed by atoms with Crippen LogP contribution < -0.4 is 0 Å². The third-order valence-corrected chi connectivity index (χ3v) is 4.33. The molecule has 1 heterocycles. The Bertz CT molecular complexity index is 577. The van der Waals surface area contributed by atoms with Crippen LogP contribution >= 0.6 is 23.2 Å². The van der Waals surface area contributed by atoms with Crippen molar-refractivity contribution in [1.29, 1.82) is 0 Å². The smallest absolute Gasteiger partial charge is 0.328 e. The van der Waals surface area contributed by atoms with Crippen LogP contribution in [0.5, 0.6) is 0 Å². The third kappa shape index (κ3) is 3.93. The molecular formula is C16H19Cl2NO3. The van der Waals surface area contributed by atoms with Crippen molar-refractivity contribution in [3.05, 3.63) is 33.8 Å². The summed E-state index contributed by atoms with van der Waals surface area (Å²) in [5.41, 5.74) is 0.707. The molecule has 6 heteroatoms. The van der Waals surface area contributed by atoms with E-state index < -0.39 is 6.04 Å². The number of hydrogen-bond acceptors (Lipinski definition) is 3. The SMILES string of the molecule is CCOC(=O)C1CC(C)CN1C(=O)Cc1ccc(Cl)cc1Cl. The molecule has 0 aliphatic carbocycles. The molecule has 120 valence electrons. The minimum Gasteiger partial charge on any atom is -0.464 e. The largest absolute Gasteiger partial charge is 0.464 e. The highest BCUT2D eigenvalue weighted by atomic mass is 35.5. The van der Waals surface area contributed by atoms with Crippen LogP contribution in [-0.4, -0.2) is 36.0 Å². The number of benzene rings is 1. The van der Waals surface area contributed by atoms with E-state index in [0.717, 1.165) is 0 Å². The van der Waals surface area contributed by atoms with Gasteiger partial charge in [-0.2, -0.15) is 0 Å². The van der Waals surface area contributed by atoms with E-state index in [-0.39, 0.29) is 24.2 Å². The van der Waals surface area contributed by atoms with Gasteiger partial charge in [0.25, 0.3) is 0 Å². The molecule has 1 saturated heterocycles. The number of carbonyl (C=O) groups is 2. The van der Waals surface area contributed by atoms with Crippen LogP contribution in [0.1, 0.15) is 25.8 Å². The Morgan fingerprint density at radius 2 is 2.09 bits per heavy atom. The predicted molar refractivity (Wildman–Crippen MR) is 86.1 cm³/mol. The Morgan fingerprint density at radius 1 is 1.36 bits per heavy atom. The molecule has 2 rings (SSSR count). The molecule has 0 saturated carbocycles. The fraction of sp³-hybridized carbons (Fsp3) is 0.500. The zero-order valence-corrected chi connectivity index (χ0v) is 14.2. The lowest BCUT2D eigenvalue weighted by atomic mass is 10.1. The third-order valence-electron chi connectivity index (χ3n) is 3.75. The number of nitrogens with zero attached hydrogens (tertiary/aromatic N) is 1. The monoisotopic (exact) mass is 343 g/mol. The first-order valence-corrected chi connectivity index (χ1v) is 8.08. The van der Waals surface area contributed by atoms with Crippen molar-refractivity contribution >= 4 is 35.1 Å². The highest BCUT2D eigenvalue weighted by Gasteiger charge is 2.38. The number of halogens is 2. The van der Waals surface area contributed by atoms with Gasteiger partial charge in [-0.05, 0) is 37.0 Å². The molecule has 1 aromatic rings. The molecule has 1 fully saturated rings. The molecule has 0 N–H and O–H groups in total. The number of rotatable bonds is 4. The summed E-state index contributed by atoms with van der Waals surface area (Å²) < 4.78 is 5.07. The summed E-state index contributed by atoms with van der Waals surface area (Å²) in [4.78, 5) is 26.2. The number of ether oxygens (including phenoxy) is 1. The molecule has 0 spiro atoms. The predicted octanol–water partition coefficient (Wildman–Crippen LogP) is 3.34. The van der Waals surface area contributed by atoms with Crippen LogP contribution in [0.3, 0.4) is 0 Å². The first-order valence-electron chi connectivity index (χ1n) is 7.32. The second-order valence-electron chi connectivity index (χ2n) is 5.57. The fourth-order valence-electron chi connectivity index (χ4n) is 2.71. The molecule has 1 aliphatic heterocycles.